The van der Waals surface area contributed by atoms with E-state index in [0.717, 1.165) is 12.0 Å². The van der Waals surface area contributed by atoms with E-state index in [9.17, 15) is 4.79 Å². The normalized spacial score (nSPS) is 13.6. The summed E-state index contributed by atoms with van der Waals surface area (Å²) in [5, 5.41) is 7.43. The minimum atomic E-state index is -0.973. The molecule has 0 spiro atoms. The molecule has 2 rings (SSSR count). The van der Waals surface area contributed by atoms with Gasteiger partial charge in [-0.05, 0) is 18.5 Å². The van der Waals surface area contributed by atoms with Gasteiger partial charge in [0.25, 0.3) is 0 Å². The Labute approximate surface area is 124 Å². The van der Waals surface area contributed by atoms with Crippen LogP contribution in [0.5, 0.6) is 0 Å². The Morgan fingerprint density at radius 3 is 2.71 bits per heavy atom. The second kappa shape index (κ2) is 6.99. The molecule has 0 fully saturated rings. The molecule has 21 heavy (non-hydrogen) atoms. The van der Waals surface area contributed by atoms with Crippen molar-refractivity contribution in [2.24, 2.45) is 0 Å². The summed E-state index contributed by atoms with van der Waals surface area (Å²) < 4.78 is 6.68. The van der Waals surface area contributed by atoms with Crippen molar-refractivity contribution in [3.63, 3.8) is 0 Å². The Morgan fingerprint density at radius 2 is 2.14 bits per heavy atom. The number of aromatic nitrogens is 3. The molecule has 1 N–H and O–H groups in total. The predicted octanol–water partition coefficient (Wildman–Crippen LogP) is 1.35. The van der Waals surface area contributed by atoms with Crippen LogP contribution in [0, 0.1) is 0 Å². The Bertz CT molecular complexity index is 556. The Hall–Kier alpha value is -2.21. The standard InChI is InChI=1S/C15H20N4O2/c1-3-9-17-15(14(20)21-2,10-19-12-16-11-18-19)13-7-5-4-6-8-13/h4-8,11-12,17H,3,9-10H2,1-2H3. The van der Waals surface area contributed by atoms with E-state index in [4.69, 9.17) is 4.74 Å². The number of hydrogen-bond donors (Lipinski definition) is 1. The molecular formula is C15H20N4O2. The zero-order chi connectivity index (χ0) is 15.1. The Kier molecular flexibility index (Phi) is 5.05. The summed E-state index contributed by atoms with van der Waals surface area (Å²) in [6, 6.07) is 9.55. The first-order valence-electron chi connectivity index (χ1n) is 6.94. The maximum Gasteiger partial charge on any atom is 0.332 e. The molecule has 0 aliphatic carbocycles. The molecule has 0 radical (unpaired) electrons. The topological polar surface area (TPSA) is 69.0 Å². The molecule has 2 aromatic rings. The zero-order valence-electron chi connectivity index (χ0n) is 12.3. The van der Waals surface area contributed by atoms with E-state index in [1.54, 1.807) is 11.0 Å². The molecule has 0 amide bonds. The fourth-order valence-corrected chi connectivity index (χ4v) is 2.30. The van der Waals surface area contributed by atoms with Gasteiger partial charge in [-0.25, -0.2) is 9.78 Å². The van der Waals surface area contributed by atoms with E-state index >= 15 is 0 Å². The number of methoxy groups -OCH3 is 1. The number of nitrogens with one attached hydrogen (secondary N) is 1. The van der Waals surface area contributed by atoms with Crippen LogP contribution in [-0.4, -0.2) is 34.4 Å². The lowest BCUT2D eigenvalue weighted by Gasteiger charge is -2.32. The van der Waals surface area contributed by atoms with E-state index in [2.05, 4.69) is 22.3 Å². The maximum absolute atomic E-state index is 12.5. The van der Waals surface area contributed by atoms with E-state index in [-0.39, 0.29) is 5.97 Å². The monoisotopic (exact) mass is 288 g/mol. The highest BCUT2D eigenvalue weighted by Gasteiger charge is 2.41. The highest BCUT2D eigenvalue weighted by atomic mass is 16.5. The van der Waals surface area contributed by atoms with Gasteiger partial charge in [-0.3, -0.25) is 10.00 Å². The molecule has 0 aliphatic heterocycles. The molecule has 0 saturated heterocycles. The lowest BCUT2D eigenvalue weighted by Crippen LogP contribution is -2.53. The third-order valence-corrected chi connectivity index (χ3v) is 3.34. The molecule has 112 valence electrons. The van der Waals surface area contributed by atoms with Gasteiger partial charge in [0.2, 0.25) is 0 Å². The van der Waals surface area contributed by atoms with Crippen molar-refractivity contribution >= 4 is 5.97 Å². The third-order valence-electron chi connectivity index (χ3n) is 3.34. The average Bonchev–Trinajstić information content (AvgIpc) is 3.04. The van der Waals surface area contributed by atoms with E-state index in [1.807, 2.05) is 30.3 Å². The molecule has 6 nitrogen and oxygen atoms in total. The second-order valence-electron chi connectivity index (χ2n) is 4.78. The van der Waals surface area contributed by atoms with Gasteiger partial charge >= 0.3 is 5.97 Å². The van der Waals surface area contributed by atoms with Crippen molar-refractivity contribution in [1.29, 1.82) is 0 Å². The van der Waals surface area contributed by atoms with Crippen LogP contribution in [0.1, 0.15) is 18.9 Å². The van der Waals surface area contributed by atoms with Crippen molar-refractivity contribution in [1.82, 2.24) is 20.1 Å². The number of benzene rings is 1. The van der Waals surface area contributed by atoms with Crippen LogP contribution in [0.15, 0.2) is 43.0 Å². The fraction of sp³-hybridized carbons (Fsp3) is 0.400. The molecule has 1 aromatic heterocycles. The number of nitrogens with zero attached hydrogens (tertiary/aromatic N) is 3. The van der Waals surface area contributed by atoms with Crippen LogP contribution in [0.25, 0.3) is 0 Å². The number of rotatable bonds is 7. The van der Waals surface area contributed by atoms with E-state index in [0.29, 0.717) is 13.1 Å². The molecule has 6 heteroatoms. The summed E-state index contributed by atoms with van der Waals surface area (Å²) >= 11 is 0. The zero-order valence-corrected chi connectivity index (χ0v) is 12.3. The van der Waals surface area contributed by atoms with Gasteiger partial charge in [0.1, 0.15) is 12.7 Å². The van der Waals surface area contributed by atoms with Gasteiger partial charge in [-0.2, -0.15) is 5.10 Å². The highest BCUT2D eigenvalue weighted by molar-refractivity contribution is 5.82. The Balaban J connectivity index is 2.44. The van der Waals surface area contributed by atoms with Crippen LogP contribution >= 0.6 is 0 Å². The van der Waals surface area contributed by atoms with Gasteiger partial charge in [-0.15, -0.1) is 0 Å². The first-order chi connectivity index (χ1) is 10.2. The van der Waals surface area contributed by atoms with Crippen LogP contribution in [-0.2, 0) is 21.6 Å². The van der Waals surface area contributed by atoms with Gasteiger partial charge in [0.15, 0.2) is 5.54 Å². The van der Waals surface area contributed by atoms with Crippen molar-refractivity contribution in [3.8, 4) is 0 Å². The highest BCUT2D eigenvalue weighted by Crippen LogP contribution is 2.25. The first-order valence-corrected chi connectivity index (χ1v) is 6.94. The number of ether oxygens (including phenoxy) is 1. The van der Waals surface area contributed by atoms with Crippen molar-refractivity contribution < 1.29 is 9.53 Å². The molecule has 1 heterocycles. The largest absolute Gasteiger partial charge is 0.467 e. The SMILES string of the molecule is CCCNC(Cn1cncn1)(C(=O)OC)c1ccccc1. The lowest BCUT2D eigenvalue weighted by molar-refractivity contribution is -0.150. The summed E-state index contributed by atoms with van der Waals surface area (Å²) in [5.74, 6) is -0.336. The smallest absolute Gasteiger partial charge is 0.332 e. The van der Waals surface area contributed by atoms with E-state index < -0.39 is 5.54 Å². The number of hydrogen-bond acceptors (Lipinski definition) is 5. The molecule has 1 aromatic carbocycles. The van der Waals surface area contributed by atoms with E-state index in [1.165, 1.54) is 13.4 Å². The summed E-state index contributed by atoms with van der Waals surface area (Å²) in [6.45, 7) is 3.07. The minimum absolute atomic E-state index is 0.323. The fourth-order valence-electron chi connectivity index (χ4n) is 2.30. The molecule has 1 unspecified atom stereocenters. The second-order valence-corrected chi connectivity index (χ2v) is 4.78. The third kappa shape index (κ3) is 3.28. The predicted molar refractivity (Wildman–Crippen MR) is 78.5 cm³/mol. The Morgan fingerprint density at radius 1 is 1.38 bits per heavy atom. The van der Waals surface area contributed by atoms with Gasteiger partial charge < -0.3 is 4.74 Å². The quantitative estimate of drug-likeness (QED) is 0.779. The molecular weight excluding hydrogens is 268 g/mol. The van der Waals surface area contributed by atoms with Crippen LogP contribution < -0.4 is 5.32 Å². The maximum atomic E-state index is 12.5. The number of esters is 1. The van der Waals surface area contributed by atoms with Gasteiger partial charge in [0, 0.05) is 0 Å². The average molecular weight is 288 g/mol. The molecule has 0 bridgehead atoms. The molecule has 0 saturated carbocycles. The lowest BCUT2D eigenvalue weighted by atomic mass is 9.89. The summed E-state index contributed by atoms with van der Waals surface area (Å²) in [6.07, 6.45) is 3.95. The summed E-state index contributed by atoms with van der Waals surface area (Å²) in [7, 11) is 1.40. The van der Waals surface area contributed by atoms with Crippen LogP contribution in [0.2, 0.25) is 0 Å². The van der Waals surface area contributed by atoms with Crippen LogP contribution in [0.4, 0.5) is 0 Å². The van der Waals surface area contributed by atoms with Crippen LogP contribution in [0.3, 0.4) is 0 Å². The van der Waals surface area contributed by atoms with Gasteiger partial charge in [0.05, 0.1) is 13.7 Å². The summed E-state index contributed by atoms with van der Waals surface area (Å²) in [4.78, 5) is 16.5. The minimum Gasteiger partial charge on any atom is -0.467 e. The number of carbonyl (C=O) groups is 1. The first kappa shape index (κ1) is 15.2. The van der Waals surface area contributed by atoms with Crippen molar-refractivity contribution in [3.05, 3.63) is 48.5 Å². The van der Waals surface area contributed by atoms with Crippen molar-refractivity contribution in [2.75, 3.05) is 13.7 Å². The summed E-state index contributed by atoms with van der Waals surface area (Å²) in [5.41, 5.74) is -0.125. The molecule has 0 aliphatic rings. The van der Waals surface area contributed by atoms with Gasteiger partial charge in [-0.1, -0.05) is 37.3 Å². The molecule has 1 atom stereocenters. The number of carbonyl (C=O) groups excluding carboxylic acids is 1. The van der Waals surface area contributed by atoms with Crippen molar-refractivity contribution in [2.45, 2.75) is 25.4 Å².